The summed E-state index contributed by atoms with van der Waals surface area (Å²) in [5.74, 6) is 1.35. The second kappa shape index (κ2) is 4.01. The van der Waals surface area contributed by atoms with Crippen molar-refractivity contribution in [1.29, 1.82) is 0 Å². The molecule has 2 aromatic rings. The third-order valence-corrected chi connectivity index (χ3v) is 1.75. The maximum absolute atomic E-state index is 5.64. The number of rotatable bonds is 3. The molecule has 0 saturated carbocycles. The Morgan fingerprint density at radius 1 is 1.40 bits per heavy atom. The molecule has 2 aromatic heterocycles. The van der Waals surface area contributed by atoms with Crippen molar-refractivity contribution in [2.45, 2.75) is 6.61 Å². The molecule has 3 N–H and O–H groups in total. The number of hydrogen-bond acceptors (Lipinski definition) is 6. The molecule has 0 aromatic carbocycles. The first-order valence-electron chi connectivity index (χ1n) is 4.28. The van der Waals surface area contributed by atoms with Crippen molar-refractivity contribution in [3.05, 3.63) is 18.2 Å². The molecule has 0 saturated heterocycles. The highest BCUT2D eigenvalue weighted by Gasteiger charge is 2.10. The van der Waals surface area contributed by atoms with Crippen LogP contribution in [-0.2, 0) is 11.3 Å². The molecule has 0 radical (unpaired) electrons. The molecule has 0 aliphatic rings. The molecule has 0 atom stereocenters. The smallest absolute Gasteiger partial charge is 0.203 e. The fourth-order valence-corrected chi connectivity index (χ4v) is 1.12. The average Bonchev–Trinajstić information content (AvgIpc) is 2.68. The van der Waals surface area contributed by atoms with Crippen molar-refractivity contribution in [1.82, 2.24) is 25.1 Å². The van der Waals surface area contributed by atoms with Crippen molar-refractivity contribution in [3.63, 3.8) is 0 Å². The van der Waals surface area contributed by atoms with Gasteiger partial charge in [0.1, 0.15) is 6.61 Å². The molecule has 0 aliphatic heterocycles. The van der Waals surface area contributed by atoms with Crippen LogP contribution in [0.25, 0.3) is 11.5 Å². The number of nitrogens with zero attached hydrogens (tertiary/aromatic N) is 4. The number of aromatic amines is 1. The van der Waals surface area contributed by atoms with Gasteiger partial charge in [0.25, 0.3) is 0 Å². The molecule has 0 unspecified atom stereocenters. The molecular weight excluding hydrogens is 196 g/mol. The SMILES string of the molecule is COCc1nc(-c2nccnc2N)n[nH]1. The van der Waals surface area contributed by atoms with Gasteiger partial charge in [-0.15, -0.1) is 0 Å². The Morgan fingerprint density at radius 2 is 2.20 bits per heavy atom. The summed E-state index contributed by atoms with van der Waals surface area (Å²) < 4.78 is 4.91. The topological polar surface area (TPSA) is 103 Å². The highest BCUT2D eigenvalue weighted by Crippen LogP contribution is 2.16. The Hall–Kier alpha value is -2.02. The Morgan fingerprint density at radius 3 is 2.93 bits per heavy atom. The molecule has 0 fully saturated rings. The molecule has 0 bridgehead atoms. The molecule has 15 heavy (non-hydrogen) atoms. The zero-order valence-corrected chi connectivity index (χ0v) is 8.14. The number of ether oxygens (including phenoxy) is 1. The minimum Gasteiger partial charge on any atom is -0.382 e. The van der Waals surface area contributed by atoms with Crippen molar-refractivity contribution >= 4 is 5.82 Å². The molecule has 2 rings (SSSR count). The van der Waals surface area contributed by atoms with Crippen molar-refractivity contribution in [2.24, 2.45) is 0 Å². The molecule has 0 spiro atoms. The van der Waals surface area contributed by atoms with E-state index in [2.05, 4.69) is 25.1 Å². The van der Waals surface area contributed by atoms with Gasteiger partial charge in [0.15, 0.2) is 17.3 Å². The quantitative estimate of drug-likeness (QED) is 0.732. The summed E-state index contributed by atoms with van der Waals surface area (Å²) >= 11 is 0. The second-order valence-corrected chi connectivity index (χ2v) is 2.83. The lowest BCUT2D eigenvalue weighted by molar-refractivity contribution is 0.178. The van der Waals surface area contributed by atoms with Gasteiger partial charge in [-0.3, -0.25) is 5.10 Å². The maximum Gasteiger partial charge on any atom is 0.203 e. The van der Waals surface area contributed by atoms with Crippen LogP contribution in [0.15, 0.2) is 12.4 Å². The van der Waals surface area contributed by atoms with E-state index < -0.39 is 0 Å². The highest BCUT2D eigenvalue weighted by molar-refractivity contribution is 5.62. The van der Waals surface area contributed by atoms with E-state index in [4.69, 9.17) is 10.5 Å². The Bertz CT molecular complexity index is 454. The molecule has 7 heteroatoms. The van der Waals surface area contributed by atoms with Gasteiger partial charge in [0, 0.05) is 19.5 Å². The summed E-state index contributed by atoms with van der Waals surface area (Å²) in [6.07, 6.45) is 3.06. The number of anilines is 1. The molecular formula is C8H10N6O. The van der Waals surface area contributed by atoms with Gasteiger partial charge in [0.2, 0.25) is 5.82 Å². The first-order chi connectivity index (χ1) is 7.31. The number of H-pyrrole nitrogens is 1. The molecule has 2 heterocycles. The largest absolute Gasteiger partial charge is 0.382 e. The van der Waals surface area contributed by atoms with E-state index in [1.807, 2.05) is 0 Å². The summed E-state index contributed by atoms with van der Waals surface area (Å²) in [5, 5.41) is 6.69. The number of hydrogen-bond donors (Lipinski definition) is 2. The molecule has 78 valence electrons. The van der Waals surface area contributed by atoms with Gasteiger partial charge < -0.3 is 10.5 Å². The van der Waals surface area contributed by atoms with Crippen LogP contribution < -0.4 is 5.73 Å². The predicted octanol–water partition coefficient (Wildman–Crippen LogP) is -0.00970. The molecule has 0 amide bonds. The van der Waals surface area contributed by atoms with E-state index in [-0.39, 0.29) is 0 Å². The van der Waals surface area contributed by atoms with Gasteiger partial charge in [-0.2, -0.15) is 5.10 Å². The normalized spacial score (nSPS) is 10.5. The fourth-order valence-electron chi connectivity index (χ4n) is 1.12. The lowest BCUT2D eigenvalue weighted by Gasteiger charge is -1.96. The van der Waals surface area contributed by atoms with Crippen LogP contribution in [-0.4, -0.2) is 32.3 Å². The van der Waals surface area contributed by atoms with E-state index in [9.17, 15) is 0 Å². The lowest BCUT2D eigenvalue weighted by Crippen LogP contribution is -1.97. The second-order valence-electron chi connectivity index (χ2n) is 2.83. The third kappa shape index (κ3) is 1.91. The summed E-state index contributed by atoms with van der Waals surface area (Å²) in [6.45, 7) is 0.368. The van der Waals surface area contributed by atoms with E-state index in [0.717, 1.165) is 0 Å². The Labute approximate surface area is 85.7 Å². The summed E-state index contributed by atoms with van der Waals surface area (Å²) in [4.78, 5) is 12.1. The number of methoxy groups -OCH3 is 1. The van der Waals surface area contributed by atoms with Crippen molar-refractivity contribution in [3.8, 4) is 11.5 Å². The number of nitrogens with one attached hydrogen (secondary N) is 1. The predicted molar refractivity (Wildman–Crippen MR) is 52.5 cm³/mol. The lowest BCUT2D eigenvalue weighted by atomic mass is 10.4. The van der Waals surface area contributed by atoms with Gasteiger partial charge in [-0.05, 0) is 0 Å². The summed E-state index contributed by atoms with van der Waals surface area (Å²) in [6, 6.07) is 0. The summed E-state index contributed by atoms with van der Waals surface area (Å²) in [7, 11) is 1.58. The van der Waals surface area contributed by atoms with Gasteiger partial charge in [0.05, 0.1) is 0 Å². The number of aromatic nitrogens is 5. The Kier molecular flexibility index (Phi) is 2.55. The van der Waals surface area contributed by atoms with Gasteiger partial charge >= 0.3 is 0 Å². The fraction of sp³-hybridized carbons (Fsp3) is 0.250. The monoisotopic (exact) mass is 206 g/mol. The van der Waals surface area contributed by atoms with Crippen molar-refractivity contribution in [2.75, 3.05) is 12.8 Å². The van der Waals surface area contributed by atoms with E-state index in [0.29, 0.717) is 29.8 Å². The van der Waals surface area contributed by atoms with E-state index in [1.165, 1.54) is 12.4 Å². The maximum atomic E-state index is 5.64. The third-order valence-electron chi connectivity index (χ3n) is 1.75. The van der Waals surface area contributed by atoms with Crippen LogP contribution in [0.2, 0.25) is 0 Å². The Balaban J connectivity index is 2.33. The van der Waals surface area contributed by atoms with Gasteiger partial charge in [-0.25, -0.2) is 15.0 Å². The minimum absolute atomic E-state index is 0.306. The zero-order valence-electron chi connectivity index (χ0n) is 8.14. The van der Waals surface area contributed by atoms with Crippen LogP contribution in [0.1, 0.15) is 5.82 Å². The average molecular weight is 206 g/mol. The number of nitrogens with two attached hydrogens (primary N) is 1. The standard InChI is InChI=1S/C8H10N6O/c1-15-4-5-12-8(14-13-5)6-7(9)11-3-2-10-6/h2-3H,4H2,1H3,(H2,9,11)(H,12,13,14). The van der Waals surface area contributed by atoms with Crippen LogP contribution >= 0.6 is 0 Å². The van der Waals surface area contributed by atoms with Crippen LogP contribution in [0.5, 0.6) is 0 Å². The van der Waals surface area contributed by atoms with E-state index in [1.54, 1.807) is 7.11 Å². The van der Waals surface area contributed by atoms with Crippen LogP contribution in [0.3, 0.4) is 0 Å². The van der Waals surface area contributed by atoms with Crippen LogP contribution in [0, 0.1) is 0 Å². The van der Waals surface area contributed by atoms with Crippen LogP contribution in [0.4, 0.5) is 5.82 Å². The van der Waals surface area contributed by atoms with Crippen molar-refractivity contribution < 1.29 is 4.74 Å². The highest BCUT2D eigenvalue weighted by atomic mass is 16.5. The van der Waals surface area contributed by atoms with Gasteiger partial charge in [-0.1, -0.05) is 0 Å². The molecule has 0 aliphatic carbocycles. The zero-order chi connectivity index (χ0) is 10.7. The number of nitrogen functional groups attached to an aromatic ring is 1. The first kappa shape index (κ1) is 9.53. The minimum atomic E-state index is 0.306. The summed E-state index contributed by atoms with van der Waals surface area (Å²) in [5.41, 5.74) is 6.11. The first-order valence-corrected chi connectivity index (χ1v) is 4.28. The van der Waals surface area contributed by atoms with E-state index >= 15 is 0 Å². The molecule has 7 nitrogen and oxygen atoms in total.